The third kappa shape index (κ3) is 4.45. The van der Waals surface area contributed by atoms with Crippen molar-refractivity contribution in [2.45, 2.75) is 25.7 Å². The van der Waals surface area contributed by atoms with Crippen molar-refractivity contribution in [3.05, 3.63) is 30.3 Å². The topological polar surface area (TPSA) is 9.72 Å². The van der Waals surface area contributed by atoms with Gasteiger partial charge >= 0.3 is 0 Å². The summed E-state index contributed by atoms with van der Waals surface area (Å²) in [7, 11) is 0. The van der Waals surface area contributed by atoms with Crippen molar-refractivity contribution in [3.8, 4) is 0 Å². The number of anilines is 1. The van der Waals surface area contributed by atoms with E-state index >= 15 is 0 Å². The van der Waals surface area contributed by atoms with E-state index in [1.54, 1.807) is 0 Å². The summed E-state index contributed by atoms with van der Waals surface area (Å²) in [5.74, 6) is 0. The maximum absolute atomic E-state index is 2.66. The van der Waals surface area contributed by atoms with Crippen molar-refractivity contribution in [3.63, 3.8) is 0 Å². The zero-order valence-corrected chi connectivity index (χ0v) is 13.2. The number of benzene rings is 1. The Morgan fingerprint density at radius 3 is 1.95 bits per heavy atom. The first-order valence-electron chi connectivity index (χ1n) is 8.66. The van der Waals surface area contributed by atoms with Gasteiger partial charge in [-0.3, -0.25) is 4.90 Å². The van der Waals surface area contributed by atoms with Crippen LogP contribution in [0.3, 0.4) is 0 Å². The van der Waals surface area contributed by atoms with Crippen LogP contribution in [0.1, 0.15) is 25.7 Å². The minimum absolute atomic E-state index is 1.17. The Hall–Kier alpha value is -1.06. The smallest absolute Gasteiger partial charge is 0.0367 e. The molecule has 2 heterocycles. The number of para-hydroxylation sites is 1. The van der Waals surface area contributed by atoms with Gasteiger partial charge in [-0.15, -0.1) is 0 Å². The van der Waals surface area contributed by atoms with Crippen molar-refractivity contribution in [1.82, 2.24) is 9.80 Å². The van der Waals surface area contributed by atoms with Gasteiger partial charge in [-0.1, -0.05) is 24.6 Å². The lowest BCUT2D eigenvalue weighted by Crippen LogP contribution is -2.47. The molecule has 3 nitrogen and oxygen atoms in total. The molecule has 0 radical (unpaired) electrons. The molecule has 2 saturated heterocycles. The molecule has 3 rings (SSSR count). The number of piperazine rings is 1. The Balaban J connectivity index is 1.34. The van der Waals surface area contributed by atoms with Crippen molar-refractivity contribution < 1.29 is 0 Å². The highest BCUT2D eigenvalue weighted by molar-refractivity contribution is 5.46. The fourth-order valence-corrected chi connectivity index (χ4v) is 3.57. The molecule has 0 spiro atoms. The summed E-state index contributed by atoms with van der Waals surface area (Å²) in [5.41, 5.74) is 1.38. The zero-order valence-electron chi connectivity index (χ0n) is 13.2. The zero-order chi connectivity index (χ0) is 14.3. The number of nitrogens with zero attached hydrogens (tertiary/aromatic N) is 3. The van der Waals surface area contributed by atoms with Crippen molar-refractivity contribution in [2.75, 3.05) is 57.3 Å². The SMILES string of the molecule is c1ccc(N2CCN(CCCN3CCCCC3)CC2)cc1. The van der Waals surface area contributed by atoms with Gasteiger partial charge in [-0.25, -0.2) is 0 Å². The molecule has 2 aliphatic rings. The van der Waals surface area contributed by atoms with Gasteiger partial charge in [0.25, 0.3) is 0 Å². The first-order valence-corrected chi connectivity index (χ1v) is 8.66. The molecule has 21 heavy (non-hydrogen) atoms. The van der Waals surface area contributed by atoms with Crippen LogP contribution in [-0.2, 0) is 0 Å². The third-order valence-corrected chi connectivity index (χ3v) is 4.89. The van der Waals surface area contributed by atoms with E-state index in [0.717, 1.165) is 0 Å². The molecule has 0 unspecified atom stereocenters. The van der Waals surface area contributed by atoms with E-state index < -0.39 is 0 Å². The Labute approximate surface area is 129 Å². The Kier molecular flexibility index (Phi) is 5.53. The van der Waals surface area contributed by atoms with Crippen molar-refractivity contribution >= 4 is 5.69 Å². The number of piperidine rings is 1. The molecule has 116 valence electrons. The standard InChI is InChI=1S/C18H29N3/c1-3-8-18(9-4-1)21-16-14-20(15-17-21)13-7-12-19-10-5-2-6-11-19/h1,3-4,8-9H,2,5-7,10-17H2. The highest BCUT2D eigenvalue weighted by Crippen LogP contribution is 2.15. The second-order valence-corrected chi connectivity index (χ2v) is 6.42. The third-order valence-electron chi connectivity index (χ3n) is 4.89. The average molecular weight is 287 g/mol. The largest absolute Gasteiger partial charge is 0.369 e. The fraction of sp³-hybridized carbons (Fsp3) is 0.667. The predicted molar refractivity (Wildman–Crippen MR) is 90.0 cm³/mol. The molecule has 1 aromatic rings. The molecule has 2 fully saturated rings. The molecular weight excluding hydrogens is 258 g/mol. The molecule has 0 aliphatic carbocycles. The van der Waals surface area contributed by atoms with Crippen molar-refractivity contribution in [1.29, 1.82) is 0 Å². The second kappa shape index (κ2) is 7.81. The van der Waals surface area contributed by atoms with Crippen LogP contribution in [0.5, 0.6) is 0 Å². The quantitative estimate of drug-likeness (QED) is 0.824. The molecular formula is C18H29N3. The Morgan fingerprint density at radius 2 is 1.29 bits per heavy atom. The summed E-state index contributed by atoms with van der Waals surface area (Å²) < 4.78 is 0. The van der Waals surface area contributed by atoms with E-state index in [1.165, 1.54) is 83.7 Å². The number of rotatable bonds is 5. The van der Waals surface area contributed by atoms with E-state index in [1.807, 2.05) is 0 Å². The van der Waals surface area contributed by atoms with Crippen LogP contribution in [-0.4, -0.2) is 62.2 Å². The van der Waals surface area contributed by atoms with Gasteiger partial charge in [0.1, 0.15) is 0 Å². The molecule has 0 N–H and O–H groups in total. The summed E-state index contributed by atoms with van der Waals surface area (Å²) in [4.78, 5) is 7.81. The van der Waals surface area contributed by atoms with E-state index in [-0.39, 0.29) is 0 Å². The summed E-state index contributed by atoms with van der Waals surface area (Å²) in [5, 5.41) is 0. The average Bonchev–Trinajstić information content (AvgIpc) is 2.57. The van der Waals surface area contributed by atoms with Crippen LogP contribution in [0.2, 0.25) is 0 Å². The molecule has 0 amide bonds. The molecule has 0 saturated carbocycles. The maximum Gasteiger partial charge on any atom is 0.0367 e. The van der Waals surface area contributed by atoms with Gasteiger partial charge in [0, 0.05) is 31.9 Å². The first-order chi connectivity index (χ1) is 10.4. The molecule has 0 bridgehead atoms. The minimum atomic E-state index is 1.17. The van der Waals surface area contributed by atoms with E-state index in [9.17, 15) is 0 Å². The number of hydrogen-bond donors (Lipinski definition) is 0. The fourth-order valence-electron chi connectivity index (χ4n) is 3.57. The lowest BCUT2D eigenvalue weighted by atomic mass is 10.1. The maximum atomic E-state index is 2.66. The summed E-state index contributed by atoms with van der Waals surface area (Å²) >= 11 is 0. The summed E-state index contributed by atoms with van der Waals surface area (Å²) in [6.45, 7) is 10.0. The van der Waals surface area contributed by atoms with E-state index in [4.69, 9.17) is 0 Å². The van der Waals surface area contributed by atoms with Gasteiger partial charge in [0.15, 0.2) is 0 Å². The Bertz CT molecular complexity index is 392. The summed E-state index contributed by atoms with van der Waals surface area (Å²) in [6, 6.07) is 10.8. The lowest BCUT2D eigenvalue weighted by molar-refractivity contribution is 0.198. The van der Waals surface area contributed by atoms with Gasteiger partial charge in [0.2, 0.25) is 0 Å². The van der Waals surface area contributed by atoms with Gasteiger partial charge in [-0.2, -0.15) is 0 Å². The van der Waals surface area contributed by atoms with Crippen LogP contribution >= 0.6 is 0 Å². The molecule has 2 aliphatic heterocycles. The normalized spacial score (nSPS) is 21.6. The van der Waals surface area contributed by atoms with E-state index in [0.29, 0.717) is 0 Å². The predicted octanol–water partition coefficient (Wildman–Crippen LogP) is 2.68. The monoisotopic (exact) mass is 287 g/mol. The lowest BCUT2D eigenvalue weighted by Gasteiger charge is -2.36. The second-order valence-electron chi connectivity index (χ2n) is 6.42. The minimum Gasteiger partial charge on any atom is -0.369 e. The molecule has 3 heteroatoms. The molecule has 1 aromatic carbocycles. The van der Waals surface area contributed by atoms with Gasteiger partial charge in [-0.05, 0) is 57.6 Å². The first kappa shape index (κ1) is 14.9. The van der Waals surface area contributed by atoms with E-state index in [2.05, 4.69) is 45.0 Å². The van der Waals surface area contributed by atoms with Crippen LogP contribution in [0.4, 0.5) is 5.69 Å². The van der Waals surface area contributed by atoms with Crippen molar-refractivity contribution in [2.24, 2.45) is 0 Å². The van der Waals surface area contributed by atoms with Crippen LogP contribution in [0.25, 0.3) is 0 Å². The number of likely N-dealkylation sites (tertiary alicyclic amines) is 1. The van der Waals surface area contributed by atoms with Gasteiger partial charge < -0.3 is 9.80 Å². The van der Waals surface area contributed by atoms with Crippen LogP contribution < -0.4 is 4.90 Å². The summed E-state index contributed by atoms with van der Waals surface area (Å²) in [6.07, 6.45) is 5.61. The van der Waals surface area contributed by atoms with Gasteiger partial charge in [0.05, 0.1) is 0 Å². The molecule has 0 atom stereocenters. The Morgan fingerprint density at radius 1 is 0.667 bits per heavy atom. The number of hydrogen-bond acceptors (Lipinski definition) is 3. The van der Waals surface area contributed by atoms with Crippen LogP contribution in [0.15, 0.2) is 30.3 Å². The highest BCUT2D eigenvalue weighted by atomic mass is 15.3. The van der Waals surface area contributed by atoms with Crippen LogP contribution in [0, 0.1) is 0 Å². The molecule has 0 aromatic heterocycles. The highest BCUT2D eigenvalue weighted by Gasteiger charge is 2.17.